The second-order valence-corrected chi connectivity index (χ2v) is 5.75. The zero-order valence-electron chi connectivity index (χ0n) is 12.0. The number of anilines is 1. The maximum Gasteiger partial charge on any atom is 0.0679 e. The number of hydrogen-bond acceptors (Lipinski definition) is 2. The van der Waals surface area contributed by atoms with Gasteiger partial charge < -0.3 is 5.32 Å². The summed E-state index contributed by atoms with van der Waals surface area (Å²) in [5, 5.41) is 7.95. The van der Waals surface area contributed by atoms with E-state index in [2.05, 4.69) is 34.7 Å². The maximum absolute atomic E-state index is 4.29. The molecule has 20 heavy (non-hydrogen) atoms. The molecule has 0 unspecified atom stereocenters. The summed E-state index contributed by atoms with van der Waals surface area (Å²) < 4.78 is 1.97. The predicted molar refractivity (Wildman–Crippen MR) is 82.8 cm³/mol. The van der Waals surface area contributed by atoms with Crippen LogP contribution in [0.2, 0.25) is 0 Å². The number of aromatic nitrogens is 2. The van der Waals surface area contributed by atoms with Crippen LogP contribution >= 0.6 is 0 Å². The first-order valence-electron chi connectivity index (χ1n) is 7.71. The van der Waals surface area contributed by atoms with Crippen molar-refractivity contribution in [1.29, 1.82) is 0 Å². The lowest BCUT2D eigenvalue weighted by Gasteiger charge is -2.23. The van der Waals surface area contributed by atoms with Crippen molar-refractivity contribution in [3.8, 4) is 0 Å². The molecule has 3 nitrogen and oxygen atoms in total. The van der Waals surface area contributed by atoms with E-state index in [-0.39, 0.29) is 0 Å². The highest BCUT2D eigenvalue weighted by Crippen LogP contribution is 2.25. The van der Waals surface area contributed by atoms with E-state index >= 15 is 0 Å². The quantitative estimate of drug-likeness (QED) is 0.891. The van der Waals surface area contributed by atoms with Gasteiger partial charge in [-0.15, -0.1) is 0 Å². The Labute approximate surface area is 121 Å². The van der Waals surface area contributed by atoms with E-state index in [0.29, 0.717) is 0 Å². The second kappa shape index (κ2) is 6.60. The molecule has 1 fully saturated rings. The molecule has 0 radical (unpaired) electrons. The molecule has 0 spiro atoms. The summed E-state index contributed by atoms with van der Waals surface area (Å²) in [7, 11) is 0. The van der Waals surface area contributed by atoms with Crippen molar-refractivity contribution < 1.29 is 0 Å². The Morgan fingerprint density at radius 3 is 2.75 bits per heavy atom. The van der Waals surface area contributed by atoms with Gasteiger partial charge in [0.15, 0.2) is 0 Å². The average Bonchev–Trinajstić information content (AvgIpc) is 3.00. The summed E-state index contributed by atoms with van der Waals surface area (Å²) >= 11 is 0. The molecular weight excluding hydrogens is 246 g/mol. The van der Waals surface area contributed by atoms with Gasteiger partial charge in [0, 0.05) is 24.6 Å². The van der Waals surface area contributed by atoms with Gasteiger partial charge in [-0.3, -0.25) is 4.68 Å². The molecule has 0 aliphatic heterocycles. The third-order valence-electron chi connectivity index (χ3n) is 4.21. The van der Waals surface area contributed by atoms with Crippen LogP contribution in [0.4, 0.5) is 5.69 Å². The fraction of sp³-hybridized carbons (Fsp3) is 0.471. The van der Waals surface area contributed by atoms with Crippen LogP contribution in [0.3, 0.4) is 0 Å². The van der Waals surface area contributed by atoms with E-state index in [1.807, 2.05) is 23.1 Å². The first-order chi connectivity index (χ1) is 9.92. The van der Waals surface area contributed by atoms with Crippen LogP contribution in [0.15, 0.2) is 42.7 Å². The van der Waals surface area contributed by atoms with E-state index in [1.165, 1.54) is 43.4 Å². The molecule has 1 heterocycles. The summed E-state index contributed by atoms with van der Waals surface area (Å²) in [6.07, 6.45) is 10.8. The number of nitrogens with zero attached hydrogens (tertiary/aromatic N) is 2. The molecule has 0 saturated heterocycles. The molecule has 2 aromatic rings. The molecule has 0 bridgehead atoms. The summed E-state index contributed by atoms with van der Waals surface area (Å²) in [4.78, 5) is 0. The number of hydrogen-bond donors (Lipinski definition) is 1. The number of para-hydroxylation sites is 1. The van der Waals surface area contributed by atoms with E-state index in [0.717, 1.165) is 19.0 Å². The zero-order valence-corrected chi connectivity index (χ0v) is 12.0. The molecule has 1 aliphatic rings. The molecule has 1 aromatic carbocycles. The zero-order chi connectivity index (χ0) is 13.6. The largest absolute Gasteiger partial charge is 0.384 e. The number of nitrogens with one attached hydrogen (secondary N) is 1. The summed E-state index contributed by atoms with van der Waals surface area (Å²) in [6.45, 7) is 1.94. The number of rotatable bonds is 5. The Hall–Kier alpha value is -1.77. The molecule has 1 aromatic heterocycles. The first-order valence-corrected chi connectivity index (χ1v) is 7.71. The minimum atomic E-state index is 0.834. The van der Waals surface area contributed by atoms with Gasteiger partial charge in [0.2, 0.25) is 0 Å². The van der Waals surface area contributed by atoms with Crippen LogP contribution in [0.25, 0.3) is 0 Å². The lowest BCUT2D eigenvalue weighted by molar-refractivity contribution is 0.373. The van der Waals surface area contributed by atoms with Crippen LogP contribution in [0.1, 0.15) is 37.7 Å². The van der Waals surface area contributed by atoms with E-state index < -0.39 is 0 Å². The van der Waals surface area contributed by atoms with Crippen molar-refractivity contribution >= 4 is 5.69 Å². The van der Waals surface area contributed by atoms with Crippen LogP contribution in [-0.4, -0.2) is 16.3 Å². The third kappa shape index (κ3) is 3.41. The van der Waals surface area contributed by atoms with Gasteiger partial charge >= 0.3 is 0 Å². The fourth-order valence-electron chi connectivity index (χ4n) is 3.04. The third-order valence-corrected chi connectivity index (χ3v) is 4.21. The highest BCUT2D eigenvalue weighted by molar-refractivity contribution is 5.51. The van der Waals surface area contributed by atoms with Crippen LogP contribution in [0.5, 0.6) is 0 Å². The van der Waals surface area contributed by atoms with Gasteiger partial charge in [-0.2, -0.15) is 5.10 Å². The van der Waals surface area contributed by atoms with Crippen molar-refractivity contribution in [2.45, 2.75) is 38.6 Å². The predicted octanol–water partition coefficient (Wildman–Crippen LogP) is 3.92. The fourth-order valence-corrected chi connectivity index (χ4v) is 3.04. The smallest absolute Gasteiger partial charge is 0.0679 e. The van der Waals surface area contributed by atoms with Crippen molar-refractivity contribution in [1.82, 2.24) is 9.78 Å². The normalized spacial score (nSPS) is 16.2. The van der Waals surface area contributed by atoms with Gasteiger partial charge in [-0.05, 0) is 36.5 Å². The molecule has 106 valence electrons. The Kier molecular flexibility index (Phi) is 4.36. The standard InChI is InChI=1S/C17H23N3/c1-2-7-15(8-3-1)13-18-17-10-5-4-9-16(17)14-20-12-6-11-19-20/h4-6,9-12,15,18H,1-3,7-8,13-14H2. The Bertz CT molecular complexity index is 513. The minimum absolute atomic E-state index is 0.834. The molecule has 0 amide bonds. The van der Waals surface area contributed by atoms with Gasteiger partial charge in [0.1, 0.15) is 0 Å². The summed E-state index contributed by atoms with van der Waals surface area (Å²) in [6, 6.07) is 10.5. The van der Waals surface area contributed by atoms with Crippen molar-refractivity contribution in [2.75, 3.05) is 11.9 Å². The van der Waals surface area contributed by atoms with Crippen LogP contribution < -0.4 is 5.32 Å². The van der Waals surface area contributed by atoms with Crippen molar-refractivity contribution in [2.24, 2.45) is 5.92 Å². The van der Waals surface area contributed by atoms with Crippen molar-refractivity contribution in [3.63, 3.8) is 0 Å². The molecule has 3 rings (SSSR count). The van der Waals surface area contributed by atoms with Crippen molar-refractivity contribution in [3.05, 3.63) is 48.3 Å². The molecule has 1 saturated carbocycles. The van der Waals surface area contributed by atoms with E-state index in [1.54, 1.807) is 0 Å². The molecular formula is C17H23N3. The SMILES string of the molecule is c1ccc(NCC2CCCCC2)c(Cn2cccn2)c1. The summed E-state index contributed by atoms with van der Waals surface area (Å²) in [5.41, 5.74) is 2.57. The monoisotopic (exact) mass is 269 g/mol. The van der Waals surface area contributed by atoms with Crippen LogP contribution in [-0.2, 0) is 6.54 Å². The van der Waals surface area contributed by atoms with Crippen LogP contribution in [0, 0.1) is 5.92 Å². The van der Waals surface area contributed by atoms with E-state index in [9.17, 15) is 0 Å². The highest BCUT2D eigenvalue weighted by Gasteiger charge is 2.13. The minimum Gasteiger partial charge on any atom is -0.384 e. The molecule has 1 N–H and O–H groups in total. The molecule has 3 heteroatoms. The van der Waals surface area contributed by atoms with Gasteiger partial charge in [0.05, 0.1) is 6.54 Å². The number of benzene rings is 1. The lowest BCUT2D eigenvalue weighted by atomic mass is 9.89. The van der Waals surface area contributed by atoms with E-state index in [4.69, 9.17) is 0 Å². The Morgan fingerprint density at radius 1 is 1.10 bits per heavy atom. The topological polar surface area (TPSA) is 29.9 Å². The molecule has 1 aliphatic carbocycles. The van der Waals surface area contributed by atoms with Gasteiger partial charge in [0.25, 0.3) is 0 Å². The Morgan fingerprint density at radius 2 is 1.95 bits per heavy atom. The average molecular weight is 269 g/mol. The lowest BCUT2D eigenvalue weighted by Crippen LogP contribution is -2.18. The highest BCUT2D eigenvalue weighted by atomic mass is 15.3. The second-order valence-electron chi connectivity index (χ2n) is 5.75. The molecule has 0 atom stereocenters. The van der Waals surface area contributed by atoms with Gasteiger partial charge in [-0.1, -0.05) is 37.5 Å². The Balaban J connectivity index is 1.63. The first kappa shape index (κ1) is 13.2. The van der Waals surface area contributed by atoms with Gasteiger partial charge in [-0.25, -0.2) is 0 Å². The maximum atomic E-state index is 4.29. The summed E-state index contributed by atoms with van der Waals surface area (Å²) in [5.74, 6) is 0.849.